The van der Waals surface area contributed by atoms with Crippen molar-refractivity contribution >= 4 is 16.7 Å². The molecule has 20 heavy (non-hydrogen) atoms. The molecule has 0 aliphatic carbocycles. The minimum Gasteiger partial charge on any atom is -0.394 e. The van der Waals surface area contributed by atoms with E-state index < -0.39 is 0 Å². The molecule has 0 saturated carbocycles. The van der Waals surface area contributed by atoms with Crippen molar-refractivity contribution in [3.8, 4) is 0 Å². The second kappa shape index (κ2) is 5.63. The molecule has 3 rings (SSSR count). The van der Waals surface area contributed by atoms with E-state index in [1.165, 1.54) is 5.39 Å². The van der Waals surface area contributed by atoms with Crippen molar-refractivity contribution in [2.45, 2.75) is 25.3 Å². The number of aliphatic hydroxyl groups is 1. The molecule has 1 unspecified atom stereocenters. The predicted molar refractivity (Wildman–Crippen MR) is 79.5 cm³/mol. The fourth-order valence-electron chi connectivity index (χ4n) is 2.98. The van der Waals surface area contributed by atoms with Gasteiger partial charge in [0.2, 0.25) is 5.91 Å². The number of carbonyl (C=O) groups is 1. The van der Waals surface area contributed by atoms with Crippen LogP contribution in [-0.4, -0.2) is 35.1 Å². The first-order valence-electron chi connectivity index (χ1n) is 7.16. The zero-order valence-corrected chi connectivity index (χ0v) is 11.5. The normalized spacial score (nSPS) is 18.6. The summed E-state index contributed by atoms with van der Waals surface area (Å²) in [5.74, 6) is 0.122. The summed E-state index contributed by atoms with van der Waals surface area (Å²) >= 11 is 0. The Kier molecular flexibility index (Phi) is 3.70. The highest BCUT2D eigenvalue weighted by molar-refractivity contribution is 5.85. The minimum atomic E-state index is 0.0166. The van der Waals surface area contributed by atoms with Crippen LogP contribution >= 0.6 is 0 Å². The number of nitrogens with zero attached hydrogens (tertiary/aromatic N) is 1. The lowest BCUT2D eigenvalue weighted by Gasteiger charge is -2.23. The van der Waals surface area contributed by atoms with Crippen LogP contribution in [-0.2, 0) is 11.2 Å². The number of carbonyl (C=O) groups excluding carboxylic acids is 1. The lowest BCUT2D eigenvalue weighted by atomic mass is 10.0. The van der Waals surface area contributed by atoms with Gasteiger partial charge in [-0.15, -0.1) is 0 Å². The molecule has 1 atom stereocenters. The maximum atomic E-state index is 12.3. The first kappa shape index (κ1) is 13.1. The van der Waals surface area contributed by atoms with Crippen LogP contribution in [0.4, 0.5) is 0 Å². The second-order valence-corrected chi connectivity index (χ2v) is 5.42. The number of amides is 1. The van der Waals surface area contributed by atoms with E-state index >= 15 is 0 Å². The highest BCUT2D eigenvalue weighted by Gasteiger charge is 2.27. The third kappa shape index (κ3) is 2.54. The van der Waals surface area contributed by atoms with E-state index in [2.05, 4.69) is 24.3 Å². The van der Waals surface area contributed by atoms with Gasteiger partial charge in [-0.1, -0.05) is 42.5 Å². The first-order valence-corrected chi connectivity index (χ1v) is 7.16. The van der Waals surface area contributed by atoms with Gasteiger partial charge in [0, 0.05) is 6.54 Å². The molecule has 0 aromatic heterocycles. The zero-order chi connectivity index (χ0) is 13.9. The molecule has 2 aromatic rings. The second-order valence-electron chi connectivity index (χ2n) is 5.42. The number of likely N-dealkylation sites (tertiary alicyclic amines) is 1. The average Bonchev–Trinajstić information content (AvgIpc) is 2.95. The smallest absolute Gasteiger partial charge is 0.227 e. The molecule has 104 valence electrons. The molecule has 1 fully saturated rings. The Balaban J connectivity index is 1.77. The van der Waals surface area contributed by atoms with Gasteiger partial charge >= 0.3 is 0 Å². The van der Waals surface area contributed by atoms with Gasteiger partial charge in [-0.3, -0.25) is 4.79 Å². The average molecular weight is 269 g/mol. The highest BCUT2D eigenvalue weighted by Crippen LogP contribution is 2.20. The van der Waals surface area contributed by atoms with Crippen LogP contribution in [0.5, 0.6) is 0 Å². The first-order chi connectivity index (χ1) is 9.78. The standard InChI is InChI=1S/C17H19NO2/c19-12-16-6-3-9-18(16)17(20)11-13-7-8-14-4-1-2-5-15(14)10-13/h1-2,4-5,7-8,10,16,19H,3,6,9,11-12H2. The molecule has 1 saturated heterocycles. The van der Waals surface area contributed by atoms with E-state index in [1.54, 1.807) is 0 Å². The molecule has 1 heterocycles. The molecule has 0 radical (unpaired) electrons. The molecule has 3 nitrogen and oxygen atoms in total. The molecule has 2 aromatic carbocycles. The maximum absolute atomic E-state index is 12.3. The molecular weight excluding hydrogens is 250 g/mol. The lowest BCUT2D eigenvalue weighted by molar-refractivity contribution is -0.131. The van der Waals surface area contributed by atoms with Crippen molar-refractivity contribution in [3.05, 3.63) is 48.0 Å². The van der Waals surface area contributed by atoms with Crippen LogP contribution < -0.4 is 0 Å². The molecular formula is C17H19NO2. The van der Waals surface area contributed by atoms with E-state index in [9.17, 15) is 9.90 Å². The predicted octanol–water partition coefficient (Wildman–Crippen LogP) is 2.37. The molecule has 1 N–H and O–H groups in total. The van der Waals surface area contributed by atoms with Crippen molar-refractivity contribution in [1.29, 1.82) is 0 Å². The van der Waals surface area contributed by atoms with E-state index in [0.29, 0.717) is 6.42 Å². The van der Waals surface area contributed by atoms with Crippen molar-refractivity contribution in [3.63, 3.8) is 0 Å². The lowest BCUT2D eigenvalue weighted by Crippen LogP contribution is -2.38. The van der Waals surface area contributed by atoms with Crippen LogP contribution in [0.25, 0.3) is 10.8 Å². The van der Waals surface area contributed by atoms with Gasteiger partial charge in [-0.2, -0.15) is 0 Å². The van der Waals surface area contributed by atoms with Crippen molar-refractivity contribution in [1.82, 2.24) is 4.90 Å². The third-order valence-electron chi connectivity index (χ3n) is 4.08. The van der Waals surface area contributed by atoms with Gasteiger partial charge < -0.3 is 10.0 Å². The Morgan fingerprint density at radius 2 is 2.00 bits per heavy atom. The van der Waals surface area contributed by atoms with Crippen molar-refractivity contribution in [2.24, 2.45) is 0 Å². The zero-order valence-electron chi connectivity index (χ0n) is 11.5. The summed E-state index contributed by atoms with van der Waals surface area (Å²) in [5.41, 5.74) is 1.04. The van der Waals surface area contributed by atoms with E-state index in [4.69, 9.17) is 0 Å². The molecule has 3 heteroatoms. The quantitative estimate of drug-likeness (QED) is 0.929. The van der Waals surface area contributed by atoms with Gasteiger partial charge in [0.25, 0.3) is 0 Å². The summed E-state index contributed by atoms with van der Waals surface area (Å²) in [6.07, 6.45) is 2.33. The van der Waals surface area contributed by atoms with Crippen LogP contribution in [0.2, 0.25) is 0 Å². The Morgan fingerprint density at radius 1 is 1.20 bits per heavy atom. The summed E-state index contributed by atoms with van der Waals surface area (Å²) in [4.78, 5) is 14.2. The largest absolute Gasteiger partial charge is 0.394 e. The van der Waals surface area contributed by atoms with Gasteiger partial charge in [-0.05, 0) is 29.2 Å². The fourth-order valence-corrected chi connectivity index (χ4v) is 2.98. The molecule has 0 bridgehead atoms. The van der Waals surface area contributed by atoms with Crippen LogP contribution in [0.1, 0.15) is 18.4 Å². The Hall–Kier alpha value is -1.87. The Bertz CT molecular complexity index is 623. The van der Waals surface area contributed by atoms with Crippen LogP contribution in [0.3, 0.4) is 0 Å². The summed E-state index contributed by atoms with van der Waals surface area (Å²) in [6, 6.07) is 14.3. The number of rotatable bonds is 3. The molecule has 1 aliphatic rings. The van der Waals surface area contributed by atoms with E-state index in [-0.39, 0.29) is 18.6 Å². The number of hydrogen-bond acceptors (Lipinski definition) is 2. The number of hydrogen-bond donors (Lipinski definition) is 1. The molecule has 1 aliphatic heterocycles. The Morgan fingerprint density at radius 3 is 2.80 bits per heavy atom. The van der Waals surface area contributed by atoms with Crippen molar-refractivity contribution < 1.29 is 9.90 Å². The molecule has 0 spiro atoms. The summed E-state index contributed by atoms with van der Waals surface area (Å²) in [5, 5.41) is 11.7. The molecule has 1 amide bonds. The van der Waals surface area contributed by atoms with Gasteiger partial charge in [0.05, 0.1) is 19.1 Å². The number of fused-ring (bicyclic) bond motifs is 1. The van der Waals surface area contributed by atoms with E-state index in [0.717, 1.165) is 30.3 Å². The highest BCUT2D eigenvalue weighted by atomic mass is 16.3. The summed E-state index contributed by atoms with van der Waals surface area (Å²) in [7, 11) is 0. The Labute approximate surface area is 118 Å². The number of aliphatic hydroxyl groups excluding tert-OH is 1. The van der Waals surface area contributed by atoms with Crippen LogP contribution in [0.15, 0.2) is 42.5 Å². The van der Waals surface area contributed by atoms with E-state index in [1.807, 2.05) is 23.1 Å². The minimum absolute atomic E-state index is 0.0166. The van der Waals surface area contributed by atoms with Crippen molar-refractivity contribution in [2.75, 3.05) is 13.2 Å². The van der Waals surface area contributed by atoms with Gasteiger partial charge in [0.1, 0.15) is 0 Å². The third-order valence-corrected chi connectivity index (χ3v) is 4.08. The summed E-state index contributed by atoms with van der Waals surface area (Å²) < 4.78 is 0. The topological polar surface area (TPSA) is 40.5 Å². The SMILES string of the molecule is O=C(Cc1ccc2ccccc2c1)N1CCCC1CO. The maximum Gasteiger partial charge on any atom is 0.227 e. The van der Waals surface area contributed by atoms with Gasteiger partial charge in [-0.25, -0.2) is 0 Å². The van der Waals surface area contributed by atoms with Gasteiger partial charge in [0.15, 0.2) is 0 Å². The number of benzene rings is 2. The van der Waals surface area contributed by atoms with Crippen LogP contribution in [0, 0.1) is 0 Å². The summed E-state index contributed by atoms with van der Waals surface area (Å²) in [6.45, 7) is 0.848. The fraction of sp³-hybridized carbons (Fsp3) is 0.353. The monoisotopic (exact) mass is 269 g/mol.